The minimum absolute atomic E-state index is 0.237. The van der Waals surface area contributed by atoms with E-state index in [1.165, 1.54) is 4.90 Å². The van der Waals surface area contributed by atoms with Crippen molar-refractivity contribution in [2.75, 3.05) is 11.9 Å². The number of benzene rings is 1. The van der Waals surface area contributed by atoms with Gasteiger partial charge in [-0.05, 0) is 44.5 Å². The molecule has 0 saturated carbocycles. The molecule has 5 heteroatoms. The van der Waals surface area contributed by atoms with Gasteiger partial charge in [-0.3, -0.25) is 9.59 Å². The summed E-state index contributed by atoms with van der Waals surface area (Å²) in [6, 6.07) is 9.30. The molecular weight excluding hydrogens is 316 g/mol. The van der Waals surface area contributed by atoms with Crippen molar-refractivity contribution in [2.24, 2.45) is 0 Å². The van der Waals surface area contributed by atoms with E-state index in [1.54, 1.807) is 25.3 Å². The topological polar surface area (TPSA) is 62.6 Å². The van der Waals surface area contributed by atoms with Crippen LogP contribution in [0.25, 0.3) is 0 Å². The van der Waals surface area contributed by atoms with E-state index in [0.29, 0.717) is 11.4 Å². The lowest BCUT2D eigenvalue weighted by Crippen LogP contribution is -2.33. The number of rotatable bonds is 6. The molecular formula is C20H22N2O3. The molecule has 0 aliphatic heterocycles. The van der Waals surface area contributed by atoms with E-state index in [0.717, 1.165) is 11.1 Å². The summed E-state index contributed by atoms with van der Waals surface area (Å²) in [5, 5.41) is 2.79. The standard InChI is InChI=1S/C20H22N2O3/c1-4-5-10-22(14-17-7-6-11-25-17)20(24)13-19(23)21-18-9-8-15(2)12-16(18)3/h6-9,11-12H,10,13-14H2,1-3H3,(H,21,23). The number of nitrogens with zero attached hydrogens (tertiary/aromatic N) is 1. The molecule has 1 heterocycles. The number of hydrogen-bond acceptors (Lipinski definition) is 3. The number of nitrogens with one attached hydrogen (secondary N) is 1. The molecule has 25 heavy (non-hydrogen) atoms. The fraction of sp³-hybridized carbons (Fsp3) is 0.300. The highest BCUT2D eigenvalue weighted by molar-refractivity contribution is 6.03. The molecule has 2 amide bonds. The van der Waals surface area contributed by atoms with Crippen molar-refractivity contribution in [1.82, 2.24) is 4.90 Å². The maximum absolute atomic E-state index is 12.5. The zero-order valence-electron chi connectivity index (χ0n) is 14.8. The summed E-state index contributed by atoms with van der Waals surface area (Å²) in [4.78, 5) is 26.2. The summed E-state index contributed by atoms with van der Waals surface area (Å²) < 4.78 is 5.28. The van der Waals surface area contributed by atoms with Crippen LogP contribution in [0.1, 0.15) is 30.2 Å². The van der Waals surface area contributed by atoms with Gasteiger partial charge >= 0.3 is 0 Å². The van der Waals surface area contributed by atoms with Crippen LogP contribution in [0, 0.1) is 25.7 Å². The van der Waals surface area contributed by atoms with Crippen LogP contribution in [-0.2, 0) is 16.1 Å². The SMILES string of the molecule is CC#CCN(Cc1ccco1)C(=O)CC(=O)Nc1ccc(C)cc1C. The molecule has 0 spiro atoms. The second kappa shape index (κ2) is 8.74. The maximum atomic E-state index is 12.5. The van der Waals surface area contributed by atoms with Gasteiger partial charge in [-0.1, -0.05) is 23.6 Å². The molecule has 5 nitrogen and oxygen atoms in total. The highest BCUT2D eigenvalue weighted by Gasteiger charge is 2.18. The molecule has 0 radical (unpaired) electrons. The van der Waals surface area contributed by atoms with Crippen molar-refractivity contribution in [2.45, 2.75) is 33.7 Å². The minimum Gasteiger partial charge on any atom is -0.467 e. The fourth-order valence-electron chi connectivity index (χ4n) is 2.39. The molecule has 130 valence electrons. The van der Waals surface area contributed by atoms with Gasteiger partial charge in [0.1, 0.15) is 12.2 Å². The van der Waals surface area contributed by atoms with Crippen molar-refractivity contribution >= 4 is 17.5 Å². The van der Waals surface area contributed by atoms with Crippen LogP contribution in [0.5, 0.6) is 0 Å². The molecule has 0 aliphatic rings. The van der Waals surface area contributed by atoms with Crippen LogP contribution in [0.2, 0.25) is 0 Å². The first-order valence-corrected chi connectivity index (χ1v) is 8.06. The van der Waals surface area contributed by atoms with Crippen molar-refractivity contribution in [3.8, 4) is 11.8 Å². The molecule has 0 atom stereocenters. The molecule has 0 fully saturated rings. The molecule has 1 aromatic carbocycles. The summed E-state index contributed by atoms with van der Waals surface area (Å²) in [6.07, 6.45) is 1.32. The third kappa shape index (κ3) is 5.54. The molecule has 2 aromatic rings. The highest BCUT2D eigenvalue weighted by atomic mass is 16.3. The zero-order valence-corrected chi connectivity index (χ0v) is 14.8. The first-order chi connectivity index (χ1) is 12.0. The maximum Gasteiger partial charge on any atom is 0.233 e. The van der Waals surface area contributed by atoms with Crippen molar-refractivity contribution in [1.29, 1.82) is 0 Å². The predicted molar refractivity (Wildman–Crippen MR) is 96.7 cm³/mol. The molecule has 1 N–H and O–H groups in total. The average molecular weight is 338 g/mol. The van der Waals surface area contributed by atoms with Crippen LogP contribution in [0.15, 0.2) is 41.0 Å². The van der Waals surface area contributed by atoms with Gasteiger partial charge in [-0.15, -0.1) is 5.92 Å². The van der Waals surface area contributed by atoms with E-state index in [9.17, 15) is 9.59 Å². The van der Waals surface area contributed by atoms with Crippen LogP contribution < -0.4 is 5.32 Å². The highest BCUT2D eigenvalue weighted by Crippen LogP contribution is 2.16. The second-order valence-electron chi connectivity index (χ2n) is 5.80. The smallest absolute Gasteiger partial charge is 0.233 e. The Balaban J connectivity index is 2.00. The largest absolute Gasteiger partial charge is 0.467 e. The van der Waals surface area contributed by atoms with Crippen LogP contribution in [-0.4, -0.2) is 23.3 Å². The van der Waals surface area contributed by atoms with E-state index < -0.39 is 0 Å². The quantitative estimate of drug-likeness (QED) is 0.649. The summed E-state index contributed by atoms with van der Waals surface area (Å²) in [5.41, 5.74) is 2.80. The number of anilines is 1. The van der Waals surface area contributed by atoms with Crippen molar-refractivity contribution in [3.63, 3.8) is 0 Å². The van der Waals surface area contributed by atoms with Crippen LogP contribution >= 0.6 is 0 Å². The third-order valence-electron chi connectivity index (χ3n) is 3.69. The van der Waals surface area contributed by atoms with E-state index in [2.05, 4.69) is 17.2 Å². The van der Waals surface area contributed by atoms with Gasteiger partial charge in [0.05, 0.1) is 19.4 Å². The van der Waals surface area contributed by atoms with Crippen LogP contribution in [0.4, 0.5) is 5.69 Å². The minimum atomic E-state index is -0.342. The van der Waals surface area contributed by atoms with Crippen molar-refractivity contribution in [3.05, 3.63) is 53.5 Å². The second-order valence-corrected chi connectivity index (χ2v) is 5.80. The molecule has 0 unspecified atom stereocenters. The van der Waals surface area contributed by atoms with Gasteiger partial charge in [0, 0.05) is 5.69 Å². The van der Waals surface area contributed by atoms with Gasteiger partial charge in [-0.2, -0.15) is 0 Å². The monoisotopic (exact) mass is 338 g/mol. The number of carbonyl (C=O) groups is 2. The summed E-state index contributed by atoms with van der Waals surface area (Å²) in [6.45, 7) is 6.17. The van der Waals surface area contributed by atoms with Crippen LogP contribution in [0.3, 0.4) is 0 Å². The Hall–Kier alpha value is -3.00. The van der Waals surface area contributed by atoms with Gasteiger partial charge in [0.25, 0.3) is 0 Å². The Morgan fingerprint density at radius 2 is 2.04 bits per heavy atom. The molecule has 0 bridgehead atoms. The molecule has 1 aromatic heterocycles. The fourth-order valence-corrected chi connectivity index (χ4v) is 2.39. The lowest BCUT2D eigenvalue weighted by atomic mass is 10.1. The van der Waals surface area contributed by atoms with Gasteiger partial charge in [0.15, 0.2) is 0 Å². The third-order valence-corrected chi connectivity index (χ3v) is 3.69. The Morgan fingerprint density at radius 1 is 1.24 bits per heavy atom. The zero-order chi connectivity index (χ0) is 18.2. The first-order valence-electron chi connectivity index (χ1n) is 8.06. The van der Waals surface area contributed by atoms with Gasteiger partial charge in [-0.25, -0.2) is 0 Å². The lowest BCUT2D eigenvalue weighted by molar-refractivity contribution is -0.134. The first kappa shape index (κ1) is 18.3. The van der Waals surface area contributed by atoms with Crippen molar-refractivity contribution < 1.29 is 14.0 Å². The number of aryl methyl sites for hydroxylation is 2. The normalized spacial score (nSPS) is 9.88. The number of amides is 2. The van der Waals surface area contributed by atoms with Gasteiger partial charge in [0.2, 0.25) is 11.8 Å². The number of hydrogen-bond donors (Lipinski definition) is 1. The Labute approximate surface area is 148 Å². The van der Waals surface area contributed by atoms with E-state index in [-0.39, 0.29) is 31.3 Å². The Kier molecular flexibility index (Phi) is 6.41. The summed E-state index contributed by atoms with van der Waals surface area (Å²) >= 11 is 0. The summed E-state index contributed by atoms with van der Waals surface area (Å²) in [7, 11) is 0. The number of carbonyl (C=O) groups excluding carboxylic acids is 2. The number of furan rings is 1. The predicted octanol–water partition coefficient (Wildman–Crippen LogP) is 3.28. The molecule has 2 rings (SSSR count). The Bertz CT molecular complexity index is 798. The van der Waals surface area contributed by atoms with Gasteiger partial charge < -0.3 is 14.6 Å². The molecule has 0 aliphatic carbocycles. The summed E-state index contributed by atoms with van der Waals surface area (Å²) in [5.74, 6) is 5.65. The van der Waals surface area contributed by atoms with E-state index >= 15 is 0 Å². The molecule has 0 saturated heterocycles. The van der Waals surface area contributed by atoms with E-state index in [1.807, 2.05) is 32.0 Å². The lowest BCUT2D eigenvalue weighted by Gasteiger charge is -2.19. The average Bonchev–Trinajstić information content (AvgIpc) is 3.07. The Morgan fingerprint density at radius 3 is 2.68 bits per heavy atom. The van der Waals surface area contributed by atoms with E-state index in [4.69, 9.17) is 4.42 Å².